The Hall–Kier alpha value is -4.54. The van der Waals surface area contributed by atoms with Gasteiger partial charge in [-0.15, -0.1) is 0 Å². The smallest absolute Gasteiger partial charge is 0.124 e. The Morgan fingerprint density at radius 1 is 0.681 bits per heavy atom. The number of para-hydroxylation sites is 1. The summed E-state index contributed by atoms with van der Waals surface area (Å²) in [6.07, 6.45) is 3.46. The topological polar surface area (TPSA) is 96.9 Å². The summed E-state index contributed by atoms with van der Waals surface area (Å²) in [5.74, 6) is 0.0860. The summed E-state index contributed by atoms with van der Waals surface area (Å²) >= 11 is 12.3. The Labute approximate surface area is 282 Å². The second-order valence-corrected chi connectivity index (χ2v) is 11.3. The molecule has 2 heterocycles. The van der Waals surface area contributed by atoms with Gasteiger partial charge in [0.25, 0.3) is 0 Å². The minimum atomic E-state index is -0.381. The highest BCUT2D eigenvalue weighted by molar-refractivity contribution is 6.33. The van der Waals surface area contributed by atoms with Crippen LogP contribution in [0.15, 0.2) is 104 Å². The summed E-state index contributed by atoms with van der Waals surface area (Å²) in [4.78, 5) is 8.87. The van der Waals surface area contributed by atoms with Crippen molar-refractivity contribution in [3.63, 3.8) is 0 Å². The van der Waals surface area contributed by atoms with Gasteiger partial charge in [0.2, 0.25) is 0 Å². The Bertz CT molecular complexity index is 1940. The van der Waals surface area contributed by atoms with Crippen LogP contribution in [0.4, 0.5) is 8.78 Å². The third-order valence-corrected chi connectivity index (χ3v) is 8.09. The molecule has 0 aliphatic carbocycles. The summed E-state index contributed by atoms with van der Waals surface area (Å²) in [5.41, 5.74) is 18.5. The molecular weight excluding hydrogens is 641 g/mol. The summed E-state index contributed by atoms with van der Waals surface area (Å²) in [5, 5.41) is 0.648. The van der Waals surface area contributed by atoms with Crippen LogP contribution in [-0.4, -0.2) is 25.7 Å². The van der Waals surface area contributed by atoms with Crippen LogP contribution in [0.1, 0.15) is 29.4 Å². The molecule has 11 heteroatoms. The molecule has 2 aromatic heterocycles. The normalized spacial score (nSPS) is 10.9. The van der Waals surface area contributed by atoms with Crippen molar-refractivity contribution in [1.29, 1.82) is 0 Å². The molecule has 6 aromatic rings. The van der Waals surface area contributed by atoms with Crippen LogP contribution in [0.25, 0.3) is 22.5 Å². The lowest BCUT2D eigenvalue weighted by Gasteiger charge is -2.13. The Morgan fingerprint density at radius 2 is 1.19 bits per heavy atom. The quantitative estimate of drug-likeness (QED) is 0.153. The molecule has 0 atom stereocenters. The van der Waals surface area contributed by atoms with Crippen LogP contribution in [0.3, 0.4) is 0 Å². The van der Waals surface area contributed by atoms with Crippen LogP contribution in [0.5, 0.6) is 5.75 Å². The van der Waals surface area contributed by atoms with Gasteiger partial charge in [0.05, 0.1) is 58.6 Å². The highest BCUT2D eigenvalue weighted by Gasteiger charge is 2.17. The Balaban J connectivity index is 0.000000186. The number of benzene rings is 4. The standard InChI is InChI=1S/C19H19ClFN3O.C17H15ClFN3/c1-2-25-18-6-4-3-5-13(18)11-24-12-23-19(17(24)10-22)15-8-7-14(21)9-16(15)20;18-15-8-13(19)6-7-14(15)17-16(9-20)22(11-21-17)10-12-4-2-1-3-5-12/h3-9,12H,2,10-11,22H2,1H3;1-8,11H,9-10,20H2. The highest BCUT2D eigenvalue weighted by atomic mass is 35.5. The minimum absolute atomic E-state index is 0.292. The zero-order valence-corrected chi connectivity index (χ0v) is 27.2. The van der Waals surface area contributed by atoms with E-state index in [2.05, 4.69) is 9.97 Å². The van der Waals surface area contributed by atoms with E-state index in [9.17, 15) is 8.78 Å². The van der Waals surface area contributed by atoms with Gasteiger partial charge in [-0.25, -0.2) is 18.7 Å². The summed E-state index contributed by atoms with van der Waals surface area (Å²) in [7, 11) is 0. The van der Waals surface area contributed by atoms with Gasteiger partial charge in [0.15, 0.2) is 0 Å². The number of nitrogens with zero attached hydrogens (tertiary/aromatic N) is 4. The van der Waals surface area contributed by atoms with Crippen LogP contribution >= 0.6 is 23.2 Å². The first kappa shape index (κ1) is 33.8. The maximum absolute atomic E-state index is 13.3. The molecule has 0 aliphatic rings. The van der Waals surface area contributed by atoms with E-state index in [0.717, 1.165) is 28.3 Å². The first-order valence-corrected chi connectivity index (χ1v) is 15.7. The number of hydrogen-bond acceptors (Lipinski definition) is 5. The van der Waals surface area contributed by atoms with Crippen LogP contribution in [-0.2, 0) is 26.2 Å². The first-order valence-electron chi connectivity index (χ1n) is 15.0. The minimum Gasteiger partial charge on any atom is -0.494 e. The Kier molecular flexibility index (Phi) is 11.4. The number of ether oxygens (including phenoxy) is 1. The zero-order valence-electron chi connectivity index (χ0n) is 25.7. The summed E-state index contributed by atoms with van der Waals surface area (Å²) in [6.45, 7) is 4.43. The van der Waals surface area contributed by atoms with Gasteiger partial charge in [-0.3, -0.25) is 0 Å². The fourth-order valence-electron chi connectivity index (χ4n) is 5.22. The van der Waals surface area contributed by atoms with Gasteiger partial charge in [-0.1, -0.05) is 71.7 Å². The van der Waals surface area contributed by atoms with Crippen molar-refractivity contribution in [3.05, 3.63) is 148 Å². The van der Waals surface area contributed by atoms with Crippen molar-refractivity contribution in [2.24, 2.45) is 11.5 Å². The van der Waals surface area contributed by atoms with Crippen molar-refractivity contribution < 1.29 is 13.5 Å². The largest absolute Gasteiger partial charge is 0.494 e. The van der Waals surface area contributed by atoms with Gasteiger partial charge in [-0.2, -0.15) is 0 Å². The van der Waals surface area contributed by atoms with Crippen molar-refractivity contribution >= 4 is 23.2 Å². The molecule has 0 saturated heterocycles. The number of rotatable bonds is 10. The fraction of sp³-hybridized carbons (Fsp3) is 0.167. The molecular formula is C36H34Cl2F2N6O. The lowest BCUT2D eigenvalue weighted by Crippen LogP contribution is -2.09. The second-order valence-electron chi connectivity index (χ2n) is 10.5. The SMILES string of the molecule is CCOc1ccccc1Cn1cnc(-c2ccc(F)cc2Cl)c1CN.NCc1c(-c2ccc(F)cc2Cl)ncn1Cc1ccccc1. The third kappa shape index (κ3) is 8.07. The van der Waals surface area contributed by atoms with Crippen molar-refractivity contribution in [1.82, 2.24) is 19.1 Å². The van der Waals surface area contributed by atoms with Gasteiger partial charge in [0.1, 0.15) is 17.4 Å². The number of aromatic nitrogens is 4. The van der Waals surface area contributed by atoms with Crippen LogP contribution < -0.4 is 16.2 Å². The van der Waals surface area contributed by atoms with E-state index in [1.165, 1.54) is 24.3 Å². The molecule has 4 N–H and O–H groups in total. The summed E-state index contributed by atoms with van der Waals surface area (Å²) < 4.78 is 36.1. The van der Waals surface area contributed by atoms with E-state index in [0.29, 0.717) is 65.3 Å². The maximum Gasteiger partial charge on any atom is 0.124 e. The van der Waals surface area contributed by atoms with Gasteiger partial charge < -0.3 is 25.3 Å². The molecule has 7 nitrogen and oxygen atoms in total. The van der Waals surface area contributed by atoms with Crippen LogP contribution in [0.2, 0.25) is 10.0 Å². The van der Waals surface area contributed by atoms with Crippen molar-refractivity contribution in [3.8, 4) is 28.3 Å². The van der Waals surface area contributed by atoms with E-state index in [-0.39, 0.29) is 11.6 Å². The van der Waals surface area contributed by atoms with Crippen molar-refractivity contribution in [2.75, 3.05) is 6.61 Å². The maximum atomic E-state index is 13.3. The van der Waals surface area contributed by atoms with Gasteiger partial charge in [0, 0.05) is 36.3 Å². The number of hydrogen-bond donors (Lipinski definition) is 2. The number of imidazole rings is 2. The van der Waals surface area contributed by atoms with Crippen LogP contribution in [0, 0.1) is 11.6 Å². The van der Waals surface area contributed by atoms with E-state index >= 15 is 0 Å². The fourth-order valence-corrected chi connectivity index (χ4v) is 5.74. The van der Waals surface area contributed by atoms with E-state index in [4.69, 9.17) is 39.4 Å². The monoisotopic (exact) mass is 674 g/mol. The zero-order chi connectivity index (χ0) is 33.3. The molecule has 0 amide bonds. The van der Waals surface area contributed by atoms with Crippen molar-refractivity contribution in [2.45, 2.75) is 33.1 Å². The average molecular weight is 676 g/mol. The third-order valence-electron chi connectivity index (χ3n) is 7.46. The molecule has 0 radical (unpaired) electrons. The molecule has 0 saturated carbocycles. The molecule has 242 valence electrons. The first-order chi connectivity index (χ1) is 22.8. The lowest BCUT2D eigenvalue weighted by molar-refractivity contribution is 0.335. The predicted molar refractivity (Wildman–Crippen MR) is 183 cm³/mol. The molecule has 0 spiro atoms. The average Bonchev–Trinajstić information content (AvgIpc) is 3.66. The molecule has 0 unspecified atom stereocenters. The second kappa shape index (κ2) is 15.8. The molecule has 4 aromatic carbocycles. The highest BCUT2D eigenvalue weighted by Crippen LogP contribution is 2.32. The van der Waals surface area contributed by atoms with E-state index in [1.54, 1.807) is 24.8 Å². The summed E-state index contributed by atoms with van der Waals surface area (Å²) in [6, 6.07) is 26.5. The molecule has 0 bridgehead atoms. The van der Waals surface area contributed by atoms with Gasteiger partial charge >= 0.3 is 0 Å². The number of halogens is 4. The molecule has 47 heavy (non-hydrogen) atoms. The van der Waals surface area contributed by atoms with E-state index < -0.39 is 0 Å². The van der Waals surface area contributed by atoms with Gasteiger partial charge in [-0.05, 0) is 55.0 Å². The number of nitrogens with two attached hydrogens (primary N) is 2. The predicted octanol–water partition coefficient (Wildman–Crippen LogP) is 8.10. The molecule has 0 fully saturated rings. The molecule has 0 aliphatic heterocycles. The van der Waals surface area contributed by atoms with E-state index in [1.807, 2.05) is 70.7 Å². The lowest BCUT2D eigenvalue weighted by atomic mass is 10.1. The molecule has 6 rings (SSSR count). The Morgan fingerprint density at radius 3 is 1.70 bits per heavy atom.